The monoisotopic (exact) mass is 371 g/mol. The van der Waals surface area contributed by atoms with E-state index in [2.05, 4.69) is 31.0 Å². The van der Waals surface area contributed by atoms with Crippen LogP contribution in [0.1, 0.15) is 24.3 Å². The number of aromatic nitrogens is 1. The van der Waals surface area contributed by atoms with Crippen molar-refractivity contribution in [3.05, 3.63) is 22.3 Å². The number of amides is 2. The van der Waals surface area contributed by atoms with Gasteiger partial charge in [0.25, 0.3) is 5.91 Å². The molecule has 7 nitrogen and oxygen atoms in total. The fourth-order valence-electron chi connectivity index (χ4n) is 1.79. The summed E-state index contributed by atoms with van der Waals surface area (Å²) in [5, 5.41) is 2.52. The number of hydrogen-bond donors (Lipinski definition) is 1. The van der Waals surface area contributed by atoms with Crippen molar-refractivity contribution in [3.63, 3.8) is 0 Å². The van der Waals surface area contributed by atoms with Crippen molar-refractivity contribution in [2.75, 3.05) is 26.0 Å². The van der Waals surface area contributed by atoms with Gasteiger partial charge in [-0.1, -0.05) is 6.92 Å². The molecule has 0 aliphatic heterocycles. The third kappa shape index (κ3) is 4.80. The van der Waals surface area contributed by atoms with Crippen molar-refractivity contribution in [2.45, 2.75) is 13.8 Å². The molecule has 1 rings (SSSR count). The Labute approximate surface area is 137 Å². The van der Waals surface area contributed by atoms with E-state index >= 15 is 0 Å². The van der Waals surface area contributed by atoms with Crippen LogP contribution in [0.4, 0.5) is 5.82 Å². The lowest BCUT2D eigenvalue weighted by atomic mass is 10.1. The number of nitrogens with one attached hydrogen (secondary N) is 1. The first-order valence-electron chi connectivity index (χ1n) is 6.53. The van der Waals surface area contributed by atoms with Gasteiger partial charge in [0.05, 0.1) is 13.0 Å². The van der Waals surface area contributed by atoms with Crippen LogP contribution in [-0.2, 0) is 14.3 Å². The maximum absolute atomic E-state index is 12.4. The SMILES string of the molecule is COC(=O)C(C)CN(C)C(=O)c1nc(NC(C)=O)ccc1Br. The van der Waals surface area contributed by atoms with E-state index in [4.69, 9.17) is 0 Å². The quantitative estimate of drug-likeness (QED) is 0.795. The normalized spacial score (nSPS) is 11.5. The van der Waals surface area contributed by atoms with E-state index in [1.54, 1.807) is 26.1 Å². The molecule has 0 saturated carbocycles. The summed E-state index contributed by atoms with van der Waals surface area (Å²) in [5.74, 6) is -1.20. The van der Waals surface area contributed by atoms with Gasteiger partial charge < -0.3 is 15.0 Å². The molecule has 120 valence electrons. The molecule has 0 saturated heterocycles. The topological polar surface area (TPSA) is 88.6 Å². The summed E-state index contributed by atoms with van der Waals surface area (Å²) in [4.78, 5) is 40.4. The number of hydrogen-bond acceptors (Lipinski definition) is 5. The second-order valence-electron chi connectivity index (χ2n) is 4.82. The molecule has 1 aromatic heterocycles. The molecule has 0 aliphatic carbocycles. The summed E-state index contributed by atoms with van der Waals surface area (Å²) < 4.78 is 5.14. The number of ether oxygens (including phenoxy) is 1. The van der Waals surface area contributed by atoms with Crippen LogP contribution in [0.2, 0.25) is 0 Å². The minimum absolute atomic E-state index is 0.158. The molecule has 1 aromatic rings. The highest BCUT2D eigenvalue weighted by Crippen LogP contribution is 2.19. The van der Waals surface area contributed by atoms with Crippen molar-refractivity contribution in [2.24, 2.45) is 5.92 Å². The number of pyridine rings is 1. The first-order valence-corrected chi connectivity index (χ1v) is 7.33. The number of carbonyl (C=O) groups is 3. The van der Waals surface area contributed by atoms with Crippen LogP contribution in [0.25, 0.3) is 0 Å². The van der Waals surface area contributed by atoms with E-state index in [9.17, 15) is 14.4 Å². The Morgan fingerprint density at radius 3 is 2.59 bits per heavy atom. The van der Waals surface area contributed by atoms with Crippen LogP contribution < -0.4 is 5.32 Å². The van der Waals surface area contributed by atoms with Crippen LogP contribution >= 0.6 is 15.9 Å². The van der Waals surface area contributed by atoms with Gasteiger partial charge in [-0.25, -0.2) is 4.98 Å². The van der Waals surface area contributed by atoms with Crippen LogP contribution in [0.15, 0.2) is 16.6 Å². The molecule has 1 N–H and O–H groups in total. The predicted molar refractivity (Wildman–Crippen MR) is 84.4 cm³/mol. The fourth-order valence-corrected chi connectivity index (χ4v) is 2.18. The van der Waals surface area contributed by atoms with Crippen molar-refractivity contribution >= 4 is 39.5 Å². The predicted octanol–water partition coefficient (Wildman–Crippen LogP) is 1.68. The summed E-state index contributed by atoms with van der Waals surface area (Å²) in [6.07, 6.45) is 0. The highest BCUT2D eigenvalue weighted by atomic mass is 79.9. The number of carbonyl (C=O) groups excluding carboxylic acids is 3. The maximum atomic E-state index is 12.4. The largest absolute Gasteiger partial charge is 0.469 e. The molecule has 8 heteroatoms. The Morgan fingerprint density at radius 1 is 1.41 bits per heavy atom. The van der Waals surface area contributed by atoms with E-state index in [0.29, 0.717) is 4.47 Å². The van der Waals surface area contributed by atoms with E-state index < -0.39 is 11.9 Å². The molecule has 0 aliphatic rings. The molecule has 0 fully saturated rings. The zero-order valence-corrected chi connectivity index (χ0v) is 14.4. The molecule has 1 heterocycles. The van der Waals surface area contributed by atoms with Gasteiger partial charge in [0.1, 0.15) is 11.5 Å². The minimum atomic E-state index is -0.448. The van der Waals surface area contributed by atoms with Gasteiger partial charge in [0.15, 0.2) is 0 Å². The summed E-state index contributed by atoms with van der Waals surface area (Å²) in [7, 11) is 2.87. The number of halogens is 1. The van der Waals surface area contributed by atoms with Gasteiger partial charge in [-0.2, -0.15) is 0 Å². The number of methoxy groups -OCH3 is 1. The second kappa shape index (κ2) is 7.88. The van der Waals surface area contributed by atoms with Crippen LogP contribution in [-0.4, -0.2) is 48.4 Å². The Hall–Kier alpha value is -1.96. The molecule has 1 atom stereocenters. The van der Waals surface area contributed by atoms with Crippen molar-refractivity contribution in [3.8, 4) is 0 Å². The summed E-state index contributed by atoms with van der Waals surface area (Å²) in [5.41, 5.74) is 0.158. The van der Waals surface area contributed by atoms with Gasteiger partial charge in [-0.05, 0) is 28.1 Å². The minimum Gasteiger partial charge on any atom is -0.469 e. The Morgan fingerprint density at radius 2 is 2.05 bits per heavy atom. The smallest absolute Gasteiger partial charge is 0.310 e. The van der Waals surface area contributed by atoms with Gasteiger partial charge >= 0.3 is 5.97 Å². The lowest BCUT2D eigenvalue weighted by Crippen LogP contribution is -2.34. The molecule has 0 bridgehead atoms. The second-order valence-corrected chi connectivity index (χ2v) is 5.67. The number of nitrogens with zero attached hydrogens (tertiary/aromatic N) is 2. The zero-order chi connectivity index (χ0) is 16.9. The molecular weight excluding hydrogens is 354 g/mol. The Bertz CT molecular complexity index is 591. The summed E-state index contributed by atoms with van der Waals surface area (Å²) in [6.45, 7) is 3.23. The van der Waals surface area contributed by atoms with Gasteiger partial charge in [-0.3, -0.25) is 14.4 Å². The average molecular weight is 372 g/mol. The summed E-state index contributed by atoms with van der Waals surface area (Å²) in [6, 6.07) is 3.21. The Balaban J connectivity index is 2.91. The molecule has 0 aromatic carbocycles. The van der Waals surface area contributed by atoms with Crippen LogP contribution in [0, 0.1) is 5.92 Å². The van der Waals surface area contributed by atoms with Crippen molar-refractivity contribution < 1.29 is 19.1 Å². The van der Waals surface area contributed by atoms with E-state index in [1.807, 2.05) is 0 Å². The molecule has 0 spiro atoms. The third-order valence-corrected chi connectivity index (χ3v) is 3.49. The first-order chi connectivity index (χ1) is 10.3. The maximum Gasteiger partial charge on any atom is 0.310 e. The third-order valence-electron chi connectivity index (χ3n) is 2.85. The van der Waals surface area contributed by atoms with Crippen LogP contribution in [0.5, 0.6) is 0 Å². The van der Waals surface area contributed by atoms with E-state index in [-0.39, 0.29) is 29.9 Å². The zero-order valence-electron chi connectivity index (χ0n) is 12.8. The van der Waals surface area contributed by atoms with Gasteiger partial charge in [0.2, 0.25) is 5.91 Å². The average Bonchev–Trinajstić information content (AvgIpc) is 2.46. The highest BCUT2D eigenvalue weighted by molar-refractivity contribution is 9.10. The highest BCUT2D eigenvalue weighted by Gasteiger charge is 2.22. The summed E-state index contributed by atoms with van der Waals surface area (Å²) >= 11 is 3.26. The first kappa shape index (κ1) is 18.1. The number of esters is 1. The molecular formula is C14H18BrN3O4. The van der Waals surface area contributed by atoms with Gasteiger partial charge in [-0.15, -0.1) is 0 Å². The molecule has 22 heavy (non-hydrogen) atoms. The lowest BCUT2D eigenvalue weighted by Gasteiger charge is -2.20. The molecule has 2 amide bonds. The number of anilines is 1. The lowest BCUT2D eigenvalue weighted by molar-refractivity contribution is -0.145. The van der Waals surface area contributed by atoms with E-state index in [0.717, 1.165) is 0 Å². The van der Waals surface area contributed by atoms with E-state index in [1.165, 1.54) is 18.9 Å². The number of rotatable bonds is 5. The standard InChI is InChI=1S/C14H18BrN3O4/c1-8(14(21)22-4)7-18(3)13(20)12-10(15)5-6-11(17-12)16-9(2)19/h5-6,8H,7H2,1-4H3,(H,16,17,19). The molecule has 0 radical (unpaired) electrons. The molecule has 1 unspecified atom stereocenters. The fraction of sp³-hybridized carbons (Fsp3) is 0.429. The van der Waals surface area contributed by atoms with Crippen LogP contribution in [0.3, 0.4) is 0 Å². The Kier molecular flexibility index (Phi) is 6.48. The van der Waals surface area contributed by atoms with Crippen molar-refractivity contribution in [1.82, 2.24) is 9.88 Å². The van der Waals surface area contributed by atoms with Crippen molar-refractivity contribution in [1.29, 1.82) is 0 Å². The van der Waals surface area contributed by atoms with Gasteiger partial charge in [0, 0.05) is 25.0 Å².